The van der Waals surface area contributed by atoms with Crippen LogP contribution in [0.5, 0.6) is 0 Å². The first-order valence-corrected chi connectivity index (χ1v) is 9.33. The lowest BCUT2D eigenvalue weighted by molar-refractivity contribution is -0.116. The van der Waals surface area contributed by atoms with E-state index in [0.717, 1.165) is 5.56 Å². The first-order chi connectivity index (χ1) is 11.3. The molecule has 0 radical (unpaired) electrons. The molecular formula is C16H16Cl2N2O3S. The molecule has 1 amide bonds. The van der Waals surface area contributed by atoms with Gasteiger partial charge in [-0.05, 0) is 42.8 Å². The molecule has 2 aromatic rings. The van der Waals surface area contributed by atoms with Crippen molar-refractivity contribution in [1.82, 2.24) is 4.72 Å². The Labute approximate surface area is 151 Å². The fourth-order valence-electron chi connectivity index (χ4n) is 1.95. The number of carbonyl (C=O) groups is 1. The average molecular weight is 387 g/mol. The van der Waals surface area contributed by atoms with Gasteiger partial charge in [-0.15, -0.1) is 0 Å². The Bertz CT molecular complexity index is 854. The molecule has 0 saturated heterocycles. The van der Waals surface area contributed by atoms with Crippen molar-refractivity contribution in [2.24, 2.45) is 0 Å². The zero-order valence-corrected chi connectivity index (χ0v) is 15.2. The Morgan fingerprint density at radius 3 is 2.54 bits per heavy atom. The molecule has 0 atom stereocenters. The summed E-state index contributed by atoms with van der Waals surface area (Å²) in [5.74, 6) is -0.338. The van der Waals surface area contributed by atoms with Gasteiger partial charge in [-0.25, -0.2) is 13.1 Å². The number of anilines is 1. The molecule has 0 spiro atoms. The number of amides is 1. The van der Waals surface area contributed by atoms with Gasteiger partial charge in [0.25, 0.3) is 0 Å². The zero-order chi connectivity index (χ0) is 17.7. The zero-order valence-electron chi connectivity index (χ0n) is 12.8. The Kier molecular flexibility index (Phi) is 6.23. The second-order valence-electron chi connectivity index (χ2n) is 5.14. The quantitative estimate of drug-likeness (QED) is 0.795. The third kappa shape index (κ3) is 5.21. The summed E-state index contributed by atoms with van der Waals surface area (Å²) in [6.45, 7) is 1.85. The van der Waals surface area contributed by atoms with E-state index in [1.165, 1.54) is 12.1 Å². The summed E-state index contributed by atoms with van der Waals surface area (Å²) >= 11 is 11.8. The normalized spacial score (nSPS) is 11.3. The topological polar surface area (TPSA) is 75.3 Å². The van der Waals surface area contributed by atoms with Crippen LogP contribution in [0.3, 0.4) is 0 Å². The van der Waals surface area contributed by atoms with Gasteiger partial charge in [0, 0.05) is 18.0 Å². The number of rotatable bonds is 6. The molecule has 8 heteroatoms. The highest BCUT2D eigenvalue weighted by molar-refractivity contribution is 7.89. The molecule has 5 nitrogen and oxygen atoms in total. The van der Waals surface area contributed by atoms with E-state index in [-0.39, 0.29) is 23.8 Å². The summed E-state index contributed by atoms with van der Waals surface area (Å²) in [5.41, 5.74) is 1.47. The Balaban J connectivity index is 1.90. The molecule has 0 heterocycles. The molecule has 2 aromatic carbocycles. The number of benzene rings is 2. The van der Waals surface area contributed by atoms with E-state index in [1.807, 2.05) is 13.0 Å². The van der Waals surface area contributed by atoms with E-state index in [0.29, 0.717) is 15.7 Å². The number of hydrogen-bond donors (Lipinski definition) is 2. The first kappa shape index (κ1) is 18.7. The maximum Gasteiger partial charge on any atom is 0.240 e. The summed E-state index contributed by atoms with van der Waals surface area (Å²) in [7, 11) is -3.71. The molecule has 2 rings (SSSR count). The van der Waals surface area contributed by atoms with Crippen LogP contribution in [0.2, 0.25) is 10.0 Å². The molecule has 0 aliphatic carbocycles. The monoisotopic (exact) mass is 386 g/mol. The van der Waals surface area contributed by atoms with Gasteiger partial charge < -0.3 is 5.32 Å². The van der Waals surface area contributed by atoms with Gasteiger partial charge >= 0.3 is 0 Å². The van der Waals surface area contributed by atoms with Crippen molar-refractivity contribution in [3.63, 3.8) is 0 Å². The fourth-order valence-corrected chi connectivity index (χ4v) is 3.57. The lowest BCUT2D eigenvalue weighted by atomic mass is 10.2. The Morgan fingerprint density at radius 2 is 1.88 bits per heavy atom. The molecule has 0 aliphatic rings. The van der Waals surface area contributed by atoms with Crippen molar-refractivity contribution in [3.05, 3.63) is 58.1 Å². The van der Waals surface area contributed by atoms with Gasteiger partial charge in [-0.3, -0.25) is 4.79 Å². The lowest BCUT2D eigenvalue weighted by Gasteiger charge is -2.09. The van der Waals surface area contributed by atoms with Crippen molar-refractivity contribution in [2.45, 2.75) is 18.2 Å². The number of aryl methyl sites for hydroxylation is 1. The van der Waals surface area contributed by atoms with E-state index in [9.17, 15) is 13.2 Å². The molecule has 0 aliphatic heterocycles. The van der Waals surface area contributed by atoms with Crippen LogP contribution in [0.25, 0.3) is 0 Å². The van der Waals surface area contributed by atoms with Gasteiger partial charge in [-0.2, -0.15) is 0 Å². The smallest absolute Gasteiger partial charge is 0.240 e. The summed E-state index contributed by atoms with van der Waals surface area (Å²) < 4.78 is 26.5. The summed E-state index contributed by atoms with van der Waals surface area (Å²) in [4.78, 5) is 12.0. The summed E-state index contributed by atoms with van der Waals surface area (Å²) in [6.07, 6.45) is -0.0238. The SMILES string of the molecule is Cc1ccc(NC(=O)CCNS(=O)(=O)c2cccc(Cl)c2)c(Cl)c1. The molecule has 0 bridgehead atoms. The van der Waals surface area contributed by atoms with Gasteiger partial charge in [0.2, 0.25) is 15.9 Å². The second kappa shape index (κ2) is 7.98. The summed E-state index contributed by atoms with van der Waals surface area (Å²) in [5, 5.41) is 3.40. The third-order valence-corrected chi connectivity index (χ3v) is 5.16. The minimum Gasteiger partial charge on any atom is -0.325 e. The van der Waals surface area contributed by atoms with Gasteiger partial charge in [0.15, 0.2) is 0 Å². The van der Waals surface area contributed by atoms with Crippen LogP contribution in [0, 0.1) is 6.92 Å². The van der Waals surface area contributed by atoms with Crippen molar-refractivity contribution >= 4 is 44.8 Å². The number of nitrogens with one attached hydrogen (secondary N) is 2. The molecular weight excluding hydrogens is 371 g/mol. The van der Waals surface area contributed by atoms with Crippen LogP contribution in [-0.2, 0) is 14.8 Å². The van der Waals surface area contributed by atoms with E-state index in [2.05, 4.69) is 10.0 Å². The van der Waals surface area contributed by atoms with Crippen LogP contribution in [0.4, 0.5) is 5.69 Å². The van der Waals surface area contributed by atoms with Gasteiger partial charge in [-0.1, -0.05) is 35.3 Å². The molecule has 24 heavy (non-hydrogen) atoms. The van der Waals surface area contributed by atoms with Crippen molar-refractivity contribution in [2.75, 3.05) is 11.9 Å². The third-order valence-electron chi connectivity index (χ3n) is 3.15. The van der Waals surface area contributed by atoms with Crippen LogP contribution in [-0.4, -0.2) is 20.9 Å². The van der Waals surface area contributed by atoms with E-state index in [4.69, 9.17) is 23.2 Å². The molecule has 0 unspecified atom stereocenters. The predicted octanol–water partition coefficient (Wildman–Crippen LogP) is 3.61. The highest BCUT2D eigenvalue weighted by atomic mass is 35.5. The minimum absolute atomic E-state index is 0.0238. The molecule has 2 N–H and O–H groups in total. The maximum atomic E-state index is 12.1. The maximum absolute atomic E-state index is 12.1. The van der Waals surface area contributed by atoms with Crippen molar-refractivity contribution in [3.8, 4) is 0 Å². The largest absolute Gasteiger partial charge is 0.325 e. The lowest BCUT2D eigenvalue weighted by Crippen LogP contribution is -2.27. The van der Waals surface area contributed by atoms with E-state index in [1.54, 1.807) is 24.3 Å². The minimum atomic E-state index is -3.71. The van der Waals surface area contributed by atoms with E-state index < -0.39 is 10.0 Å². The number of halogens is 2. The van der Waals surface area contributed by atoms with Gasteiger partial charge in [0.1, 0.15) is 0 Å². The Hall–Kier alpha value is -1.60. The average Bonchev–Trinajstić information content (AvgIpc) is 2.50. The number of carbonyl (C=O) groups excluding carboxylic acids is 1. The van der Waals surface area contributed by atoms with E-state index >= 15 is 0 Å². The van der Waals surface area contributed by atoms with Crippen LogP contribution in [0.15, 0.2) is 47.4 Å². The number of sulfonamides is 1. The van der Waals surface area contributed by atoms with Crippen LogP contribution >= 0.6 is 23.2 Å². The molecule has 0 fully saturated rings. The first-order valence-electron chi connectivity index (χ1n) is 7.09. The van der Waals surface area contributed by atoms with Crippen molar-refractivity contribution < 1.29 is 13.2 Å². The molecule has 128 valence electrons. The highest BCUT2D eigenvalue weighted by Gasteiger charge is 2.14. The van der Waals surface area contributed by atoms with Crippen molar-refractivity contribution in [1.29, 1.82) is 0 Å². The molecule has 0 aromatic heterocycles. The molecule has 0 saturated carbocycles. The summed E-state index contributed by atoms with van der Waals surface area (Å²) in [6, 6.07) is 11.2. The standard InChI is InChI=1S/C16H16Cl2N2O3S/c1-11-5-6-15(14(18)9-11)20-16(21)7-8-19-24(22,23)13-4-2-3-12(17)10-13/h2-6,9-10,19H,7-8H2,1H3,(H,20,21). The Morgan fingerprint density at radius 1 is 1.12 bits per heavy atom. The van der Waals surface area contributed by atoms with Gasteiger partial charge in [0.05, 0.1) is 15.6 Å². The fraction of sp³-hybridized carbons (Fsp3) is 0.188. The van der Waals surface area contributed by atoms with Crippen LogP contribution in [0.1, 0.15) is 12.0 Å². The highest BCUT2D eigenvalue weighted by Crippen LogP contribution is 2.22. The number of hydrogen-bond acceptors (Lipinski definition) is 3. The predicted molar refractivity (Wildman–Crippen MR) is 96.1 cm³/mol. The second-order valence-corrected chi connectivity index (χ2v) is 7.75. The van der Waals surface area contributed by atoms with Crippen LogP contribution < -0.4 is 10.0 Å².